The van der Waals surface area contributed by atoms with Gasteiger partial charge in [0.25, 0.3) is 5.91 Å². The minimum Gasteiger partial charge on any atom is -0.508 e. The highest BCUT2D eigenvalue weighted by Crippen LogP contribution is 2.51. The Balaban J connectivity index is 1.48. The van der Waals surface area contributed by atoms with E-state index in [0.29, 0.717) is 18.0 Å². The number of aromatic hydroxyl groups is 1. The zero-order valence-corrected chi connectivity index (χ0v) is 16.6. The molecular weight excluding hydrogens is 372 g/mol. The number of allylic oxidation sites excluding steroid dienone is 2. The molecule has 1 aliphatic heterocycles. The second-order valence-electron chi connectivity index (χ2n) is 7.97. The zero-order valence-electron chi connectivity index (χ0n) is 16.6. The molecule has 3 aromatic rings. The van der Waals surface area contributed by atoms with Crippen LogP contribution in [0.2, 0.25) is 0 Å². The van der Waals surface area contributed by atoms with E-state index < -0.39 is 0 Å². The van der Waals surface area contributed by atoms with Crippen molar-refractivity contribution in [2.75, 3.05) is 5.32 Å². The number of phenols is 1. The van der Waals surface area contributed by atoms with Crippen LogP contribution in [0.4, 0.5) is 5.69 Å². The van der Waals surface area contributed by atoms with E-state index in [1.165, 1.54) is 0 Å². The normalized spacial score (nSPS) is 21.4. The first kappa shape index (κ1) is 18.5. The summed E-state index contributed by atoms with van der Waals surface area (Å²) in [6, 6.07) is 23.3. The van der Waals surface area contributed by atoms with Gasteiger partial charge in [-0.1, -0.05) is 72.8 Å². The topological polar surface area (TPSA) is 61.4 Å². The predicted molar refractivity (Wildman–Crippen MR) is 119 cm³/mol. The van der Waals surface area contributed by atoms with E-state index in [1.807, 2.05) is 60.7 Å². The number of para-hydroxylation sites is 2. The summed E-state index contributed by atoms with van der Waals surface area (Å²) < 4.78 is 0. The van der Waals surface area contributed by atoms with E-state index in [1.54, 1.807) is 6.07 Å². The van der Waals surface area contributed by atoms with Crippen molar-refractivity contribution in [1.29, 1.82) is 0 Å². The second kappa shape index (κ2) is 7.71. The van der Waals surface area contributed by atoms with Crippen molar-refractivity contribution in [3.05, 3.63) is 107 Å². The van der Waals surface area contributed by atoms with E-state index in [0.717, 1.165) is 28.8 Å². The third-order valence-electron chi connectivity index (χ3n) is 6.21. The van der Waals surface area contributed by atoms with E-state index in [-0.39, 0.29) is 23.6 Å². The van der Waals surface area contributed by atoms with Gasteiger partial charge in [0.2, 0.25) is 0 Å². The molecule has 0 radical (unpaired) electrons. The number of phenolic OH excluding ortho intramolecular Hbond substituents is 1. The van der Waals surface area contributed by atoms with E-state index in [4.69, 9.17) is 0 Å². The Morgan fingerprint density at radius 1 is 0.967 bits per heavy atom. The molecule has 0 fully saturated rings. The molecule has 1 aliphatic carbocycles. The van der Waals surface area contributed by atoms with Crippen LogP contribution in [0.15, 0.2) is 84.9 Å². The van der Waals surface area contributed by atoms with E-state index in [9.17, 15) is 9.90 Å². The molecule has 3 atom stereocenters. The molecule has 3 N–H and O–H groups in total. The van der Waals surface area contributed by atoms with Gasteiger partial charge in [0.1, 0.15) is 5.75 Å². The van der Waals surface area contributed by atoms with Crippen molar-refractivity contribution in [2.45, 2.75) is 24.9 Å². The van der Waals surface area contributed by atoms with Gasteiger partial charge >= 0.3 is 0 Å². The number of hydrogen-bond acceptors (Lipinski definition) is 3. The molecular formula is C26H24N2O2. The molecule has 0 saturated heterocycles. The molecule has 2 aliphatic rings. The van der Waals surface area contributed by atoms with Crippen molar-refractivity contribution >= 4 is 11.6 Å². The predicted octanol–water partition coefficient (Wildman–Crippen LogP) is 5.15. The van der Waals surface area contributed by atoms with Gasteiger partial charge in [0, 0.05) is 18.0 Å². The van der Waals surface area contributed by atoms with Crippen LogP contribution in [0.3, 0.4) is 0 Å². The molecule has 0 bridgehead atoms. The molecule has 1 amide bonds. The van der Waals surface area contributed by atoms with Crippen molar-refractivity contribution in [3.63, 3.8) is 0 Å². The molecule has 4 heteroatoms. The first-order chi connectivity index (χ1) is 14.7. The number of hydrogen-bond donors (Lipinski definition) is 3. The summed E-state index contributed by atoms with van der Waals surface area (Å²) in [7, 11) is 0. The Morgan fingerprint density at radius 3 is 2.57 bits per heavy atom. The Bertz CT molecular complexity index is 1110. The maximum atomic E-state index is 13.1. The molecule has 150 valence electrons. The maximum Gasteiger partial charge on any atom is 0.253 e. The molecule has 0 aromatic heterocycles. The summed E-state index contributed by atoms with van der Waals surface area (Å²) in [5.41, 5.74) is 4.59. The molecule has 3 aromatic carbocycles. The van der Waals surface area contributed by atoms with Gasteiger partial charge in [0.15, 0.2) is 0 Å². The van der Waals surface area contributed by atoms with E-state index in [2.05, 4.69) is 28.9 Å². The maximum absolute atomic E-state index is 13.1. The van der Waals surface area contributed by atoms with Gasteiger partial charge in [-0.2, -0.15) is 0 Å². The Hall–Kier alpha value is -3.53. The van der Waals surface area contributed by atoms with Gasteiger partial charge in [-0.05, 0) is 35.6 Å². The smallest absolute Gasteiger partial charge is 0.253 e. The van der Waals surface area contributed by atoms with E-state index >= 15 is 0 Å². The Kier molecular flexibility index (Phi) is 4.75. The van der Waals surface area contributed by atoms with Crippen molar-refractivity contribution < 1.29 is 9.90 Å². The van der Waals surface area contributed by atoms with Crippen LogP contribution in [0.25, 0.3) is 0 Å². The van der Waals surface area contributed by atoms with Crippen LogP contribution in [0.1, 0.15) is 45.4 Å². The van der Waals surface area contributed by atoms with Crippen LogP contribution in [0, 0.1) is 5.92 Å². The summed E-state index contributed by atoms with van der Waals surface area (Å²) in [6.07, 6.45) is 5.39. The van der Waals surface area contributed by atoms with Gasteiger partial charge < -0.3 is 15.7 Å². The molecule has 5 rings (SSSR count). The highest BCUT2D eigenvalue weighted by molar-refractivity contribution is 6.00. The monoisotopic (exact) mass is 396 g/mol. The molecule has 4 nitrogen and oxygen atoms in total. The molecule has 3 unspecified atom stereocenters. The van der Waals surface area contributed by atoms with Crippen LogP contribution in [0.5, 0.6) is 5.75 Å². The third-order valence-corrected chi connectivity index (χ3v) is 6.21. The molecule has 0 saturated carbocycles. The Labute approximate surface area is 176 Å². The molecule has 1 heterocycles. The minimum absolute atomic E-state index is 0.0539. The number of carbonyl (C=O) groups excluding carboxylic acids is 1. The lowest BCUT2D eigenvalue weighted by Gasteiger charge is -2.38. The summed E-state index contributed by atoms with van der Waals surface area (Å²) in [4.78, 5) is 13.1. The summed E-state index contributed by atoms with van der Waals surface area (Å²) in [5, 5.41) is 17.1. The lowest BCUT2D eigenvalue weighted by atomic mass is 9.76. The van der Waals surface area contributed by atoms with Gasteiger partial charge in [-0.3, -0.25) is 4.79 Å². The fourth-order valence-corrected chi connectivity index (χ4v) is 4.74. The van der Waals surface area contributed by atoms with Gasteiger partial charge in [-0.15, -0.1) is 0 Å². The number of rotatable bonds is 4. The molecule has 0 spiro atoms. The number of carbonyl (C=O) groups is 1. The first-order valence-corrected chi connectivity index (χ1v) is 10.4. The zero-order chi connectivity index (χ0) is 20.5. The van der Waals surface area contributed by atoms with Gasteiger partial charge in [-0.25, -0.2) is 0 Å². The quantitative estimate of drug-likeness (QED) is 0.535. The Morgan fingerprint density at radius 2 is 1.73 bits per heavy atom. The number of anilines is 1. The lowest BCUT2D eigenvalue weighted by molar-refractivity contribution is 0.0951. The SMILES string of the molecule is O=C(NCc1ccccc1)c1cccc2c1NC(c1ccccc1O)C1CC=CC21. The number of benzene rings is 3. The second-order valence-corrected chi connectivity index (χ2v) is 7.97. The number of fused-ring (bicyclic) bond motifs is 3. The first-order valence-electron chi connectivity index (χ1n) is 10.4. The standard InChI is InChI=1S/C26H24N2O2/c29-23-15-5-4-10-21(23)24-19-12-6-11-18(19)20-13-7-14-22(25(20)28-24)26(30)27-16-17-8-2-1-3-9-17/h1-11,13-15,18-19,24,28-29H,12,16H2,(H,27,30). The highest BCUT2D eigenvalue weighted by atomic mass is 16.3. The average molecular weight is 396 g/mol. The fourth-order valence-electron chi connectivity index (χ4n) is 4.74. The largest absolute Gasteiger partial charge is 0.508 e. The highest BCUT2D eigenvalue weighted by Gasteiger charge is 2.40. The third kappa shape index (κ3) is 3.24. The van der Waals surface area contributed by atoms with Crippen LogP contribution in [-0.4, -0.2) is 11.0 Å². The number of amides is 1. The molecule has 30 heavy (non-hydrogen) atoms. The number of nitrogens with one attached hydrogen (secondary N) is 2. The lowest BCUT2D eigenvalue weighted by Crippen LogP contribution is -2.32. The average Bonchev–Trinajstić information content (AvgIpc) is 3.28. The summed E-state index contributed by atoms with van der Waals surface area (Å²) in [6.45, 7) is 0.484. The summed E-state index contributed by atoms with van der Waals surface area (Å²) >= 11 is 0. The fraction of sp³-hybridized carbons (Fsp3) is 0.192. The van der Waals surface area contributed by atoms with Crippen LogP contribution < -0.4 is 10.6 Å². The summed E-state index contributed by atoms with van der Waals surface area (Å²) in [5.74, 6) is 0.732. The van der Waals surface area contributed by atoms with Gasteiger partial charge in [0.05, 0.1) is 17.3 Å². The van der Waals surface area contributed by atoms with Crippen molar-refractivity contribution in [1.82, 2.24) is 5.32 Å². The van der Waals surface area contributed by atoms with Crippen molar-refractivity contribution in [2.24, 2.45) is 5.92 Å². The minimum atomic E-state index is -0.0975. The van der Waals surface area contributed by atoms with Crippen molar-refractivity contribution in [3.8, 4) is 5.75 Å². The van der Waals surface area contributed by atoms with Crippen LogP contribution in [-0.2, 0) is 6.54 Å². The van der Waals surface area contributed by atoms with Crippen LogP contribution >= 0.6 is 0 Å².